The van der Waals surface area contributed by atoms with Crippen LogP contribution in [0.1, 0.15) is 41.2 Å². The van der Waals surface area contributed by atoms with Gasteiger partial charge in [-0.25, -0.2) is 17.2 Å². The fourth-order valence-corrected chi connectivity index (χ4v) is 4.57. The summed E-state index contributed by atoms with van der Waals surface area (Å²) in [5.74, 6) is -0.655. The van der Waals surface area contributed by atoms with Crippen molar-refractivity contribution < 1.29 is 22.0 Å². The number of rotatable bonds is 7. The number of hydrogen-bond acceptors (Lipinski definition) is 6. The van der Waals surface area contributed by atoms with Gasteiger partial charge in [0.1, 0.15) is 0 Å². The SMILES string of the molecule is CCN(CC)S(=O)(=O)c1cc(C(=O)Nc2nnc(C(F)F)s2)ccc1C. The number of amides is 1. The number of aromatic nitrogens is 2. The molecule has 0 aliphatic rings. The minimum Gasteiger partial charge on any atom is -0.296 e. The first-order chi connectivity index (χ1) is 12.2. The minimum atomic E-state index is -3.74. The van der Waals surface area contributed by atoms with Crippen molar-refractivity contribution in [3.8, 4) is 0 Å². The normalized spacial score (nSPS) is 12.0. The van der Waals surface area contributed by atoms with E-state index in [-0.39, 0.29) is 15.6 Å². The summed E-state index contributed by atoms with van der Waals surface area (Å²) in [6, 6.07) is 4.25. The number of anilines is 1. The highest BCUT2D eigenvalue weighted by atomic mass is 32.2. The minimum absolute atomic E-state index is 0.0272. The summed E-state index contributed by atoms with van der Waals surface area (Å²) in [5.41, 5.74) is 0.583. The molecule has 1 amide bonds. The predicted molar refractivity (Wildman–Crippen MR) is 94.1 cm³/mol. The molecule has 2 rings (SSSR count). The first-order valence-corrected chi connectivity index (χ1v) is 10.00. The summed E-state index contributed by atoms with van der Waals surface area (Å²) in [7, 11) is -3.74. The van der Waals surface area contributed by atoms with Gasteiger partial charge in [-0.3, -0.25) is 10.1 Å². The molecule has 26 heavy (non-hydrogen) atoms. The Labute approximate surface area is 154 Å². The third-order valence-electron chi connectivity index (χ3n) is 3.62. The number of nitrogens with zero attached hydrogens (tertiary/aromatic N) is 3. The van der Waals surface area contributed by atoms with Crippen molar-refractivity contribution in [1.82, 2.24) is 14.5 Å². The number of halogens is 2. The van der Waals surface area contributed by atoms with E-state index in [2.05, 4.69) is 15.5 Å². The Kier molecular flexibility index (Phi) is 6.37. The van der Waals surface area contributed by atoms with Crippen LogP contribution < -0.4 is 5.32 Å². The lowest BCUT2D eigenvalue weighted by molar-refractivity contribution is 0.102. The summed E-state index contributed by atoms with van der Waals surface area (Å²) in [5, 5.41) is 8.52. The van der Waals surface area contributed by atoms with Crippen LogP contribution in [0.2, 0.25) is 0 Å². The molecule has 0 aliphatic heterocycles. The highest BCUT2D eigenvalue weighted by Gasteiger charge is 2.25. The van der Waals surface area contributed by atoms with Crippen LogP contribution >= 0.6 is 11.3 Å². The van der Waals surface area contributed by atoms with Crippen LogP contribution in [0.3, 0.4) is 0 Å². The second-order valence-electron chi connectivity index (χ2n) is 5.27. The van der Waals surface area contributed by atoms with Crippen molar-refractivity contribution >= 4 is 32.4 Å². The van der Waals surface area contributed by atoms with Gasteiger partial charge in [0.15, 0.2) is 5.01 Å². The zero-order valence-electron chi connectivity index (χ0n) is 14.4. The van der Waals surface area contributed by atoms with Crippen LogP contribution in [0.15, 0.2) is 23.1 Å². The molecular weight excluding hydrogens is 386 g/mol. The molecule has 2 aromatic rings. The Balaban J connectivity index is 2.32. The second-order valence-corrected chi connectivity index (χ2v) is 8.19. The third-order valence-corrected chi connectivity index (χ3v) is 6.66. The topological polar surface area (TPSA) is 92.3 Å². The van der Waals surface area contributed by atoms with E-state index in [9.17, 15) is 22.0 Å². The molecule has 0 radical (unpaired) electrons. The van der Waals surface area contributed by atoms with E-state index in [1.165, 1.54) is 22.5 Å². The molecule has 0 fully saturated rings. The zero-order chi connectivity index (χ0) is 19.5. The van der Waals surface area contributed by atoms with Crippen molar-refractivity contribution in [2.45, 2.75) is 32.1 Å². The number of alkyl halides is 2. The molecule has 1 aromatic carbocycles. The van der Waals surface area contributed by atoms with E-state index >= 15 is 0 Å². The Morgan fingerprint density at radius 1 is 1.27 bits per heavy atom. The third kappa shape index (κ3) is 4.22. The lowest BCUT2D eigenvalue weighted by Gasteiger charge is -2.20. The number of aryl methyl sites for hydroxylation is 1. The highest BCUT2D eigenvalue weighted by molar-refractivity contribution is 7.89. The number of carbonyl (C=O) groups is 1. The van der Waals surface area contributed by atoms with Gasteiger partial charge >= 0.3 is 0 Å². The Morgan fingerprint density at radius 3 is 2.46 bits per heavy atom. The molecular formula is C15H18F2N4O3S2. The lowest BCUT2D eigenvalue weighted by atomic mass is 10.1. The molecule has 142 valence electrons. The number of benzene rings is 1. The van der Waals surface area contributed by atoms with E-state index < -0.39 is 27.4 Å². The Bertz CT molecular complexity index is 896. The molecule has 0 unspecified atom stereocenters. The van der Waals surface area contributed by atoms with Gasteiger partial charge in [-0.1, -0.05) is 31.3 Å². The quantitative estimate of drug-likeness (QED) is 0.766. The monoisotopic (exact) mass is 404 g/mol. The molecule has 0 atom stereocenters. The van der Waals surface area contributed by atoms with Gasteiger partial charge in [0.25, 0.3) is 12.3 Å². The molecule has 0 saturated heterocycles. The molecule has 0 aliphatic carbocycles. The van der Waals surface area contributed by atoms with Crippen molar-refractivity contribution in [3.63, 3.8) is 0 Å². The summed E-state index contributed by atoms with van der Waals surface area (Å²) in [6.45, 7) is 5.69. The number of nitrogens with one attached hydrogen (secondary N) is 1. The van der Waals surface area contributed by atoms with Gasteiger partial charge in [0.05, 0.1) is 4.90 Å². The standard InChI is InChI=1S/C15H18F2N4O3S2/c1-4-21(5-2)26(23,24)11-8-10(7-6-9(11)3)13(22)18-15-20-19-14(25-15)12(16)17/h6-8,12H,4-5H2,1-3H3,(H,18,20,22). The maximum atomic E-state index is 12.7. The first kappa shape index (κ1) is 20.3. The van der Waals surface area contributed by atoms with Gasteiger partial charge in [0, 0.05) is 18.7 Å². The van der Waals surface area contributed by atoms with Crippen LogP contribution in [0, 0.1) is 6.92 Å². The van der Waals surface area contributed by atoms with Gasteiger partial charge in [-0.2, -0.15) is 4.31 Å². The van der Waals surface area contributed by atoms with Gasteiger partial charge in [-0.15, -0.1) is 10.2 Å². The lowest BCUT2D eigenvalue weighted by Crippen LogP contribution is -2.31. The summed E-state index contributed by atoms with van der Waals surface area (Å²) in [6.07, 6.45) is -2.77. The van der Waals surface area contributed by atoms with Gasteiger partial charge in [0.2, 0.25) is 15.2 Å². The van der Waals surface area contributed by atoms with Crippen molar-refractivity contribution in [1.29, 1.82) is 0 Å². The molecule has 1 heterocycles. The molecule has 1 aromatic heterocycles. The maximum Gasteiger partial charge on any atom is 0.291 e. The molecule has 0 bridgehead atoms. The van der Waals surface area contributed by atoms with E-state index in [0.29, 0.717) is 30.0 Å². The predicted octanol–water partition coefficient (Wildman–Crippen LogP) is 3.07. The maximum absolute atomic E-state index is 12.7. The second kappa shape index (κ2) is 8.14. The average Bonchev–Trinajstić information content (AvgIpc) is 3.04. The molecule has 1 N–H and O–H groups in total. The zero-order valence-corrected chi connectivity index (χ0v) is 16.0. The van der Waals surface area contributed by atoms with Crippen molar-refractivity contribution in [2.75, 3.05) is 18.4 Å². The van der Waals surface area contributed by atoms with Crippen molar-refractivity contribution in [2.24, 2.45) is 0 Å². The van der Waals surface area contributed by atoms with Crippen LogP contribution in [0.4, 0.5) is 13.9 Å². The highest BCUT2D eigenvalue weighted by Crippen LogP contribution is 2.26. The number of hydrogen-bond donors (Lipinski definition) is 1. The summed E-state index contributed by atoms with van der Waals surface area (Å²) >= 11 is 0.558. The van der Waals surface area contributed by atoms with Gasteiger partial charge in [-0.05, 0) is 24.6 Å². The number of carbonyl (C=O) groups excluding carboxylic acids is 1. The van der Waals surface area contributed by atoms with Gasteiger partial charge < -0.3 is 0 Å². The smallest absolute Gasteiger partial charge is 0.291 e. The van der Waals surface area contributed by atoms with Crippen LogP contribution in [0.5, 0.6) is 0 Å². The Hall–Kier alpha value is -1.98. The van der Waals surface area contributed by atoms with Crippen LogP contribution in [-0.2, 0) is 10.0 Å². The fourth-order valence-electron chi connectivity index (χ4n) is 2.26. The Morgan fingerprint density at radius 2 is 1.92 bits per heavy atom. The van der Waals surface area contributed by atoms with Crippen LogP contribution in [0.25, 0.3) is 0 Å². The van der Waals surface area contributed by atoms with Crippen molar-refractivity contribution in [3.05, 3.63) is 34.3 Å². The summed E-state index contributed by atoms with van der Waals surface area (Å²) in [4.78, 5) is 12.4. The number of sulfonamides is 1. The molecule has 0 saturated carbocycles. The molecule has 11 heteroatoms. The van der Waals surface area contributed by atoms with E-state index in [0.717, 1.165) is 0 Å². The van der Waals surface area contributed by atoms with E-state index in [1.807, 2.05) is 0 Å². The first-order valence-electron chi connectivity index (χ1n) is 7.74. The molecule has 0 spiro atoms. The fraction of sp³-hybridized carbons (Fsp3) is 0.400. The van der Waals surface area contributed by atoms with Crippen LogP contribution in [-0.4, -0.2) is 41.9 Å². The summed E-state index contributed by atoms with van der Waals surface area (Å²) < 4.78 is 51.8. The largest absolute Gasteiger partial charge is 0.296 e. The average molecular weight is 404 g/mol. The van der Waals surface area contributed by atoms with E-state index in [1.54, 1.807) is 20.8 Å². The van der Waals surface area contributed by atoms with E-state index in [4.69, 9.17) is 0 Å². The molecule has 7 nitrogen and oxygen atoms in total.